The second kappa shape index (κ2) is 6.96. The zero-order valence-corrected chi connectivity index (χ0v) is 13.1. The topological polar surface area (TPSA) is 72.2 Å². The summed E-state index contributed by atoms with van der Waals surface area (Å²) in [5.41, 5.74) is 6.98. The number of hydrogen-bond acceptors (Lipinski definition) is 2. The molecule has 3 aromatic carbocycles. The van der Waals surface area contributed by atoms with Gasteiger partial charge in [-0.25, -0.2) is 0 Å². The number of nitrogens with two attached hydrogens (primary N) is 1. The molecule has 24 heavy (non-hydrogen) atoms. The molecule has 1 atom stereocenters. The largest absolute Gasteiger partial charge is 0.368 e. The fourth-order valence-corrected chi connectivity index (χ4v) is 2.74. The van der Waals surface area contributed by atoms with E-state index in [1.807, 2.05) is 48.5 Å². The molecule has 3 rings (SSSR count). The van der Waals surface area contributed by atoms with Crippen LogP contribution in [0.1, 0.15) is 15.9 Å². The van der Waals surface area contributed by atoms with Gasteiger partial charge in [0.05, 0.1) is 0 Å². The van der Waals surface area contributed by atoms with Crippen LogP contribution >= 0.6 is 0 Å². The predicted molar refractivity (Wildman–Crippen MR) is 94.5 cm³/mol. The minimum Gasteiger partial charge on any atom is -0.368 e. The molecule has 0 heterocycles. The maximum Gasteiger partial charge on any atom is 0.251 e. The third-order valence-corrected chi connectivity index (χ3v) is 3.99. The van der Waals surface area contributed by atoms with Gasteiger partial charge in [0, 0.05) is 12.0 Å². The predicted octanol–water partition coefficient (Wildman–Crippen LogP) is 2.67. The first kappa shape index (κ1) is 15.7. The van der Waals surface area contributed by atoms with Crippen molar-refractivity contribution in [3.8, 4) is 0 Å². The van der Waals surface area contributed by atoms with Crippen LogP contribution in [-0.4, -0.2) is 17.9 Å². The fraction of sp³-hybridized carbons (Fsp3) is 0.100. The highest BCUT2D eigenvalue weighted by Crippen LogP contribution is 2.20. The van der Waals surface area contributed by atoms with E-state index >= 15 is 0 Å². The summed E-state index contributed by atoms with van der Waals surface area (Å²) in [4.78, 5) is 24.1. The van der Waals surface area contributed by atoms with E-state index in [2.05, 4.69) is 5.32 Å². The number of primary amides is 1. The maximum atomic E-state index is 12.3. The van der Waals surface area contributed by atoms with E-state index in [0.717, 1.165) is 16.3 Å². The summed E-state index contributed by atoms with van der Waals surface area (Å²) in [5.74, 6) is -0.855. The van der Waals surface area contributed by atoms with E-state index in [0.29, 0.717) is 12.0 Å². The molecule has 120 valence electrons. The minimum atomic E-state index is -0.761. The molecule has 4 heteroatoms. The average molecular weight is 318 g/mol. The van der Waals surface area contributed by atoms with Crippen LogP contribution in [0.15, 0.2) is 72.8 Å². The Labute approximate surface area is 140 Å². The summed E-state index contributed by atoms with van der Waals surface area (Å²) in [6.45, 7) is 0. The average Bonchev–Trinajstić information content (AvgIpc) is 2.62. The summed E-state index contributed by atoms with van der Waals surface area (Å²) in [5, 5.41) is 4.88. The molecule has 0 unspecified atom stereocenters. The molecule has 0 spiro atoms. The number of benzene rings is 3. The lowest BCUT2D eigenvalue weighted by molar-refractivity contribution is -0.119. The number of hydrogen-bond donors (Lipinski definition) is 2. The van der Waals surface area contributed by atoms with Crippen LogP contribution in [0.25, 0.3) is 10.8 Å². The van der Waals surface area contributed by atoms with Gasteiger partial charge in [0.1, 0.15) is 6.04 Å². The van der Waals surface area contributed by atoms with E-state index in [1.165, 1.54) is 0 Å². The third-order valence-electron chi connectivity index (χ3n) is 3.99. The number of fused-ring (bicyclic) bond motifs is 1. The smallest absolute Gasteiger partial charge is 0.251 e. The molecule has 0 saturated carbocycles. The monoisotopic (exact) mass is 318 g/mol. The van der Waals surface area contributed by atoms with E-state index in [1.54, 1.807) is 24.3 Å². The van der Waals surface area contributed by atoms with Crippen LogP contribution in [0.2, 0.25) is 0 Å². The molecule has 0 aliphatic heterocycles. The Kier molecular flexibility index (Phi) is 4.57. The van der Waals surface area contributed by atoms with Crippen LogP contribution in [0.3, 0.4) is 0 Å². The second-order valence-corrected chi connectivity index (χ2v) is 5.64. The molecular formula is C20H18N2O2. The van der Waals surface area contributed by atoms with Gasteiger partial charge in [-0.05, 0) is 28.5 Å². The summed E-state index contributed by atoms with van der Waals surface area (Å²) in [6, 6.07) is 21.9. The van der Waals surface area contributed by atoms with Crippen molar-refractivity contribution in [2.24, 2.45) is 5.73 Å². The lowest BCUT2D eigenvalue weighted by Gasteiger charge is -2.17. The van der Waals surface area contributed by atoms with Gasteiger partial charge in [0.2, 0.25) is 5.91 Å². The molecule has 0 bridgehead atoms. The van der Waals surface area contributed by atoms with Crippen molar-refractivity contribution in [3.63, 3.8) is 0 Å². The van der Waals surface area contributed by atoms with Gasteiger partial charge in [-0.15, -0.1) is 0 Å². The number of carbonyl (C=O) groups is 2. The molecule has 0 aliphatic rings. The SMILES string of the molecule is NC(=O)[C@@H](Cc1cccc2ccccc12)NC(=O)c1ccccc1. The maximum absolute atomic E-state index is 12.3. The first-order valence-electron chi connectivity index (χ1n) is 7.77. The Morgan fingerprint density at radius 2 is 1.54 bits per heavy atom. The Morgan fingerprint density at radius 1 is 0.875 bits per heavy atom. The van der Waals surface area contributed by atoms with Crippen molar-refractivity contribution in [3.05, 3.63) is 83.9 Å². The van der Waals surface area contributed by atoms with E-state index < -0.39 is 11.9 Å². The van der Waals surface area contributed by atoms with Crippen molar-refractivity contribution >= 4 is 22.6 Å². The standard InChI is InChI=1S/C20H18N2O2/c21-19(23)18(22-20(24)15-8-2-1-3-9-15)13-16-11-6-10-14-7-4-5-12-17(14)16/h1-12,18H,13H2,(H2,21,23)(H,22,24)/t18-/m1/s1. The van der Waals surface area contributed by atoms with E-state index in [-0.39, 0.29) is 5.91 Å². The molecule has 0 aromatic heterocycles. The van der Waals surface area contributed by atoms with Gasteiger partial charge >= 0.3 is 0 Å². The van der Waals surface area contributed by atoms with Crippen LogP contribution in [0, 0.1) is 0 Å². The summed E-state index contributed by atoms with van der Waals surface area (Å²) >= 11 is 0. The Balaban J connectivity index is 1.84. The molecular weight excluding hydrogens is 300 g/mol. The van der Waals surface area contributed by atoms with Crippen molar-refractivity contribution in [1.82, 2.24) is 5.32 Å². The van der Waals surface area contributed by atoms with E-state index in [9.17, 15) is 9.59 Å². The number of nitrogens with one attached hydrogen (secondary N) is 1. The summed E-state index contributed by atoms with van der Waals surface area (Å²) < 4.78 is 0. The molecule has 2 amide bonds. The summed E-state index contributed by atoms with van der Waals surface area (Å²) in [7, 11) is 0. The number of rotatable bonds is 5. The zero-order valence-electron chi connectivity index (χ0n) is 13.1. The van der Waals surface area contributed by atoms with Gasteiger partial charge in [-0.1, -0.05) is 60.7 Å². The van der Waals surface area contributed by atoms with Crippen LogP contribution in [-0.2, 0) is 11.2 Å². The fourth-order valence-electron chi connectivity index (χ4n) is 2.74. The Hall–Kier alpha value is -3.14. The van der Waals surface area contributed by atoms with Crippen LogP contribution in [0.5, 0.6) is 0 Å². The second-order valence-electron chi connectivity index (χ2n) is 5.64. The number of amides is 2. The Morgan fingerprint density at radius 3 is 2.29 bits per heavy atom. The van der Waals surface area contributed by atoms with Gasteiger partial charge in [0.25, 0.3) is 5.91 Å². The highest BCUT2D eigenvalue weighted by molar-refractivity contribution is 5.97. The van der Waals surface area contributed by atoms with Crippen LogP contribution in [0.4, 0.5) is 0 Å². The van der Waals surface area contributed by atoms with Crippen molar-refractivity contribution in [1.29, 1.82) is 0 Å². The third kappa shape index (κ3) is 3.43. The quantitative estimate of drug-likeness (QED) is 0.759. The van der Waals surface area contributed by atoms with Gasteiger partial charge in [-0.3, -0.25) is 9.59 Å². The summed E-state index contributed by atoms with van der Waals surface area (Å²) in [6.07, 6.45) is 0.356. The van der Waals surface area contributed by atoms with Crippen molar-refractivity contribution in [2.45, 2.75) is 12.5 Å². The highest BCUT2D eigenvalue weighted by Gasteiger charge is 2.20. The zero-order chi connectivity index (χ0) is 16.9. The molecule has 4 nitrogen and oxygen atoms in total. The Bertz CT molecular complexity index is 870. The molecule has 0 fully saturated rings. The molecule has 0 radical (unpaired) electrons. The molecule has 0 aliphatic carbocycles. The minimum absolute atomic E-state index is 0.306. The van der Waals surface area contributed by atoms with Gasteiger partial charge in [0.15, 0.2) is 0 Å². The number of carbonyl (C=O) groups excluding carboxylic acids is 2. The normalized spacial score (nSPS) is 11.8. The van der Waals surface area contributed by atoms with Crippen LogP contribution < -0.4 is 11.1 Å². The molecule has 0 saturated heterocycles. The lowest BCUT2D eigenvalue weighted by atomic mass is 9.98. The van der Waals surface area contributed by atoms with E-state index in [4.69, 9.17) is 5.73 Å². The van der Waals surface area contributed by atoms with Gasteiger partial charge in [-0.2, -0.15) is 0 Å². The lowest BCUT2D eigenvalue weighted by Crippen LogP contribution is -2.45. The highest BCUT2D eigenvalue weighted by atomic mass is 16.2. The first-order chi connectivity index (χ1) is 11.6. The van der Waals surface area contributed by atoms with Gasteiger partial charge < -0.3 is 11.1 Å². The molecule has 3 N–H and O–H groups in total. The van der Waals surface area contributed by atoms with Crippen molar-refractivity contribution < 1.29 is 9.59 Å². The first-order valence-corrected chi connectivity index (χ1v) is 7.77. The van der Waals surface area contributed by atoms with Crippen molar-refractivity contribution in [2.75, 3.05) is 0 Å². The molecule has 3 aromatic rings.